The third kappa shape index (κ3) is 7.64. The molecule has 0 aliphatic carbocycles. The Morgan fingerprint density at radius 3 is 2.57 bits per heavy atom. The molecular formula is C44H56N6O7Si. The van der Waals surface area contributed by atoms with E-state index in [1.165, 1.54) is 0 Å². The number of hydrogen-bond acceptors (Lipinski definition) is 10. The maximum atomic E-state index is 14.9. The van der Waals surface area contributed by atoms with E-state index in [0.29, 0.717) is 61.6 Å². The van der Waals surface area contributed by atoms with Crippen molar-refractivity contribution in [1.82, 2.24) is 20.3 Å². The van der Waals surface area contributed by atoms with E-state index < -0.39 is 32.0 Å². The highest BCUT2D eigenvalue weighted by Crippen LogP contribution is 2.60. The minimum atomic E-state index is -2.98. The summed E-state index contributed by atoms with van der Waals surface area (Å²) in [6, 6.07) is 20.6. The number of anilines is 3. The molecule has 3 aromatic carbocycles. The first-order chi connectivity index (χ1) is 28.0. The van der Waals surface area contributed by atoms with Crippen LogP contribution >= 0.6 is 0 Å². The van der Waals surface area contributed by atoms with Gasteiger partial charge in [0, 0.05) is 48.6 Å². The summed E-state index contributed by atoms with van der Waals surface area (Å²) in [6.07, 6.45) is 5.33. The number of amides is 2. The highest BCUT2D eigenvalue weighted by molar-refractivity contribution is 6.71. The Morgan fingerprint density at radius 2 is 1.86 bits per heavy atom. The SMILES string of the molecule is C=CCN1C(=O)[C@@]2(O[C@@H](CCn3cc(C(CO)c4ccccc4)nn3)[C@H]([Si](C)(C)O)[C@H]2C)c2cc(N3C(=O)C(NCCCCO)Cc4cc(OCC)ccc43)ccc21. The van der Waals surface area contributed by atoms with Crippen LogP contribution in [-0.4, -0.2) is 95.2 Å². The third-order valence-electron chi connectivity index (χ3n) is 12.0. The molecule has 1 saturated heterocycles. The van der Waals surface area contributed by atoms with Gasteiger partial charge in [-0.15, -0.1) is 11.7 Å². The van der Waals surface area contributed by atoms with Gasteiger partial charge in [0.25, 0.3) is 5.91 Å². The molecule has 2 unspecified atom stereocenters. The van der Waals surface area contributed by atoms with Crippen LogP contribution < -0.4 is 19.9 Å². The number of hydrogen-bond donors (Lipinski definition) is 4. The first-order valence-electron chi connectivity index (χ1n) is 20.4. The van der Waals surface area contributed by atoms with E-state index in [1.54, 1.807) is 20.6 Å². The lowest BCUT2D eigenvalue weighted by atomic mass is 9.82. The molecule has 13 nitrogen and oxygen atoms in total. The van der Waals surface area contributed by atoms with Gasteiger partial charge in [0.05, 0.1) is 48.3 Å². The molecule has 58 heavy (non-hydrogen) atoms. The molecule has 308 valence electrons. The average molecular weight is 809 g/mol. The monoisotopic (exact) mass is 808 g/mol. The van der Waals surface area contributed by atoms with E-state index in [-0.39, 0.29) is 43.0 Å². The fraction of sp³-hybridized carbons (Fsp3) is 0.455. The summed E-state index contributed by atoms with van der Waals surface area (Å²) in [5, 5.41) is 31.8. The van der Waals surface area contributed by atoms with Gasteiger partial charge in [-0.1, -0.05) is 48.5 Å². The molecule has 14 heteroatoms. The lowest BCUT2D eigenvalue weighted by Crippen LogP contribution is -2.49. The third-order valence-corrected chi connectivity index (χ3v) is 14.5. The normalized spacial score (nSPS) is 23.4. The van der Waals surface area contributed by atoms with Crippen molar-refractivity contribution in [3.05, 3.63) is 108 Å². The lowest BCUT2D eigenvalue weighted by Gasteiger charge is -2.36. The number of ether oxygens (including phenoxy) is 2. The Morgan fingerprint density at radius 1 is 1.09 bits per heavy atom. The summed E-state index contributed by atoms with van der Waals surface area (Å²) in [4.78, 5) is 44.7. The van der Waals surface area contributed by atoms with Crippen molar-refractivity contribution in [1.29, 1.82) is 0 Å². The molecular weight excluding hydrogens is 753 g/mol. The molecule has 3 aliphatic rings. The first kappa shape index (κ1) is 41.5. The number of aromatic nitrogens is 3. The Kier molecular flexibility index (Phi) is 12.3. The van der Waals surface area contributed by atoms with Gasteiger partial charge in [-0.3, -0.25) is 19.2 Å². The summed E-state index contributed by atoms with van der Waals surface area (Å²) in [7, 11) is -2.98. The quantitative estimate of drug-likeness (QED) is 0.0636. The summed E-state index contributed by atoms with van der Waals surface area (Å²) < 4.78 is 14.7. The number of aliphatic hydroxyl groups is 2. The van der Waals surface area contributed by atoms with Gasteiger partial charge < -0.3 is 34.7 Å². The molecule has 4 heterocycles. The van der Waals surface area contributed by atoms with E-state index in [0.717, 1.165) is 29.0 Å². The summed E-state index contributed by atoms with van der Waals surface area (Å²) in [6.45, 7) is 13.4. The molecule has 4 N–H and O–H groups in total. The van der Waals surface area contributed by atoms with Crippen LogP contribution in [0.1, 0.15) is 61.4 Å². The standard InChI is InChI=1S/C44H56N6O7Si/c1-6-21-49-39-17-15-32(50-38-18-16-33(56-7-2)24-31(38)25-36(42(50)53)45-20-11-12-23-51)26-35(39)44(43(49)54)29(3)41(58(4,5)55)40(57-44)19-22-48-27-37(46-47-48)34(28-52)30-13-9-8-10-14-30/h6,8-10,13-18,24,26-27,29,34,36,40-41,45,51-52,55H,1,7,11-12,19-23,25,28H2,2-5H3/t29-,34?,36?,40+,41-,44+/m1/s1. The number of nitrogens with zero attached hydrogens (tertiary/aromatic N) is 5. The smallest absolute Gasteiger partial charge is 0.264 e. The molecule has 0 saturated carbocycles. The van der Waals surface area contributed by atoms with Gasteiger partial charge in [0.2, 0.25) is 5.91 Å². The predicted octanol–water partition coefficient (Wildman–Crippen LogP) is 5.17. The fourth-order valence-corrected chi connectivity index (χ4v) is 12.0. The molecule has 2 amide bonds. The molecule has 6 atom stereocenters. The van der Waals surface area contributed by atoms with Crippen LogP contribution in [0.15, 0.2) is 85.6 Å². The van der Waals surface area contributed by atoms with Crippen LogP contribution in [0.4, 0.5) is 17.1 Å². The van der Waals surface area contributed by atoms with E-state index in [1.807, 2.05) is 99.9 Å². The van der Waals surface area contributed by atoms with Crippen molar-refractivity contribution >= 4 is 37.2 Å². The molecule has 0 bridgehead atoms. The van der Waals surface area contributed by atoms with E-state index >= 15 is 0 Å². The second kappa shape index (κ2) is 17.3. The summed E-state index contributed by atoms with van der Waals surface area (Å²) >= 11 is 0. The van der Waals surface area contributed by atoms with Crippen molar-refractivity contribution in [2.75, 3.05) is 42.7 Å². The topological polar surface area (TPSA) is 163 Å². The Bertz CT molecular complexity index is 2110. The van der Waals surface area contributed by atoms with Gasteiger partial charge >= 0.3 is 0 Å². The van der Waals surface area contributed by atoms with Gasteiger partial charge in [-0.25, -0.2) is 0 Å². The number of carbonyl (C=O) groups is 2. The van der Waals surface area contributed by atoms with E-state index in [9.17, 15) is 24.6 Å². The zero-order valence-electron chi connectivity index (χ0n) is 33.9. The van der Waals surface area contributed by atoms with Crippen LogP contribution in [0.5, 0.6) is 5.75 Å². The number of unbranched alkanes of at least 4 members (excludes halogenated alkanes) is 1. The van der Waals surface area contributed by atoms with Gasteiger partial charge in [-0.05, 0) is 99.8 Å². The average Bonchev–Trinajstić information content (AvgIpc) is 3.86. The minimum Gasteiger partial charge on any atom is -0.494 e. The lowest BCUT2D eigenvalue weighted by molar-refractivity contribution is -0.145. The van der Waals surface area contributed by atoms with Crippen molar-refractivity contribution in [2.45, 2.75) is 88.4 Å². The second-order valence-electron chi connectivity index (χ2n) is 16.1. The van der Waals surface area contributed by atoms with Gasteiger partial charge in [0.15, 0.2) is 13.9 Å². The molecule has 1 aromatic heterocycles. The van der Waals surface area contributed by atoms with E-state index in [2.05, 4.69) is 22.2 Å². The number of carbonyl (C=O) groups excluding carboxylic acids is 2. The Hall–Kier alpha value is -4.70. The predicted molar refractivity (Wildman–Crippen MR) is 225 cm³/mol. The zero-order valence-corrected chi connectivity index (χ0v) is 34.9. The minimum absolute atomic E-state index is 0.0881. The highest BCUT2D eigenvalue weighted by Gasteiger charge is 2.66. The zero-order chi connectivity index (χ0) is 41.2. The molecule has 7 rings (SSSR count). The highest BCUT2D eigenvalue weighted by atomic mass is 28.4. The number of benzene rings is 3. The van der Waals surface area contributed by atoms with Crippen LogP contribution in [0.3, 0.4) is 0 Å². The fourth-order valence-electron chi connectivity index (χ4n) is 9.40. The van der Waals surface area contributed by atoms with Crippen molar-refractivity contribution < 1.29 is 34.1 Å². The Labute approximate surface area is 341 Å². The maximum absolute atomic E-state index is 14.9. The molecule has 1 spiro atoms. The number of fused-ring (bicyclic) bond motifs is 3. The first-order valence-corrected chi connectivity index (χ1v) is 23.5. The van der Waals surface area contributed by atoms with Crippen molar-refractivity contribution in [3.63, 3.8) is 0 Å². The van der Waals surface area contributed by atoms with Gasteiger partial charge in [-0.2, -0.15) is 0 Å². The summed E-state index contributed by atoms with van der Waals surface area (Å²) in [5.74, 6) is -0.351. The van der Waals surface area contributed by atoms with Crippen LogP contribution in [0.2, 0.25) is 18.6 Å². The molecule has 3 aliphatic heterocycles. The van der Waals surface area contributed by atoms with Crippen molar-refractivity contribution in [2.24, 2.45) is 5.92 Å². The number of aryl methyl sites for hydroxylation is 1. The number of nitrogens with one attached hydrogen (secondary N) is 1. The van der Waals surface area contributed by atoms with Crippen molar-refractivity contribution in [3.8, 4) is 5.75 Å². The second-order valence-corrected chi connectivity index (χ2v) is 20.1. The molecule has 1 fully saturated rings. The maximum Gasteiger partial charge on any atom is 0.264 e. The largest absolute Gasteiger partial charge is 0.494 e. The number of aliphatic hydroxyl groups excluding tert-OH is 2. The number of rotatable bonds is 17. The Balaban J connectivity index is 1.24. The van der Waals surface area contributed by atoms with Crippen LogP contribution in [-0.2, 0) is 32.9 Å². The van der Waals surface area contributed by atoms with Crippen LogP contribution in [0, 0.1) is 5.92 Å². The summed E-state index contributed by atoms with van der Waals surface area (Å²) in [5.41, 5.74) is 3.48. The van der Waals surface area contributed by atoms with Crippen LogP contribution in [0.25, 0.3) is 0 Å². The van der Waals surface area contributed by atoms with Gasteiger partial charge in [0.1, 0.15) is 5.75 Å². The molecule has 4 aromatic rings. The van der Waals surface area contributed by atoms with E-state index in [4.69, 9.17) is 9.47 Å². The molecule has 0 radical (unpaired) electrons.